The zero-order valence-electron chi connectivity index (χ0n) is 10.6. The van der Waals surface area contributed by atoms with Gasteiger partial charge in [-0.15, -0.1) is 10.2 Å². The molecule has 0 saturated carbocycles. The van der Waals surface area contributed by atoms with E-state index in [-0.39, 0.29) is 11.3 Å². The van der Waals surface area contributed by atoms with Crippen LogP contribution in [0.15, 0.2) is 24.5 Å². The van der Waals surface area contributed by atoms with E-state index < -0.39 is 10.7 Å². The van der Waals surface area contributed by atoms with E-state index >= 15 is 0 Å². The maximum atomic E-state index is 13.9. The van der Waals surface area contributed by atoms with E-state index in [0.29, 0.717) is 18.3 Å². The largest absolute Gasteiger partial charge is 0.313 e. The van der Waals surface area contributed by atoms with Gasteiger partial charge in [-0.3, -0.25) is 10.1 Å². The summed E-state index contributed by atoms with van der Waals surface area (Å²) in [6.45, 7) is 4.70. The Balaban J connectivity index is 2.42. The van der Waals surface area contributed by atoms with Gasteiger partial charge in [0, 0.05) is 12.6 Å². The lowest BCUT2D eigenvalue weighted by molar-refractivity contribution is -0.385. The number of hydrogen-bond donors (Lipinski definition) is 0. The Kier molecular flexibility index (Phi) is 3.55. The fraction of sp³-hybridized carbons (Fsp3) is 0.333. The molecule has 7 heteroatoms. The second-order valence-electron chi connectivity index (χ2n) is 4.62. The van der Waals surface area contributed by atoms with Crippen LogP contribution in [0.1, 0.15) is 13.8 Å². The van der Waals surface area contributed by atoms with E-state index in [1.54, 1.807) is 4.57 Å². The molecule has 19 heavy (non-hydrogen) atoms. The second kappa shape index (κ2) is 5.13. The van der Waals surface area contributed by atoms with Gasteiger partial charge in [0.25, 0.3) is 5.69 Å². The van der Waals surface area contributed by atoms with Crippen molar-refractivity contribution in [1.29, 1.82) is 0 Å². The van der Waals surface area contributed by atoms with Gasteiger partial charge in [-0.25, -0.2) is 4.39 Å². The molecule has 0 aliphatic rings. The Morgan fingerprint density at radius 2 is 2.21 bits per heavy atom. The van der Waals surface area contributed by atoms with Crippen molar-refractivity contribution in [2.45, 2.75) is 20.4 Å². The normalized spacial score (nSPS) is 10.9. The van der Waals surface area contributed by atoms with Crippen molar-refractivity contribution in [3.05, 3.63) is 40.5 Å². The molecule has 6 nitrogen and oxygen atoms in total. The molecule has 0 saturated heterocycles. The molecule has 1 heterocycles. The van der Waals surface area contributed by atoms with Gasteiger partial charge in [0.15, 0.2) is 5.82 Å². The molecule has 0 N–H and O–H groups in total. The summed E-state index contributed by atoms with van der Waals surface area (Å²) in [5.74, 6) is 0.0594. The van der Waals surface area contributed by atoms with Crippen LogP contribution in [0.4, 0.5) is 10.1 Å². The Morgan fingerprint density at radius 1 is 1.47 bits per heavy atom. The Bertz CT molecular complexity index is 610. The van der Waals surface area contributed by atoms with E-state index in [1.165, 1.54) is 18.5 Å². The monoisotopic (exact) mass is 264 g/mol. The van der Waals surface area contributed by atoms with E-state index in [2.05, 4.69) is 10.2 Å². The van der Waals surface area contributed by atoms with Crippen molar-refractivity contribution in [2.75, 3.05) is 0 Å². The van der Waals surface area contributed by atoms with Gasteiger partial charge in [-0.2, -0.15) is 0 Å². The Morgan fingerprint density at radius 3 is 2.79 bits per heavy atom. The second-order valence-corrected chi connectivity index (χ2v) is 4.62. The van der Waals surface area contributed by atoms with Crippen LogP contribution < -0.4 is 0 Å². The fourth-order valence-electron chi connectivity index (χ4n) is 1.79. The number of hydrogen-bond acceptors (Lipinski definition) is 4. The SMILES string of the molecule is CC(C)Cn1cnnc1-c1ccc([N+](=O)[O-])cc1F. The molecule has 0 aliphatic carbocycles. The summed E-state index contributed by atoms with van der Waals surface area (Å²) in [4.78, 5) is 9.94. The summed E-state index contributed by atoms with van der Waals surface area (Å²) >= 11 is 0. The van der Waals surface area contributed by atoms with Crippen molar-refractivity contribution < 1.29 is 9.31 Å². The lowest BCUT2D eigenvalue weighted by atomic mass is 10.1. The van der Waals surface area contributed by atoms with Crippen molar-refractivity contribution in [3.63, 3.8) is 0 Å². The van der Waals surface area contributed by atoms with Crippen molar-refractivity contribution in [2.24, 2.45) is 5.92 Å². The van der Waals surface area contributed by atoms with E-state index in [4.69, 9.17) is 0 Å². The zero-order chi connectivity index (χ0) is 14.0. The van der Waals surface area contributed by atoms with Crippen molar-refractivity contribution >= 4 is 5.69 Å². The van der Waals surface area contributed by atoms with Crippen LogP contribution >= 0.6 is 0 Å². The van der Waals surface area contributed by atoms with E-state index in [1.807, 2.05) is 13.8 Å². The van der Waals surface area contributed by atoms with Crippen molar-refractivity contribution in [1.82, 2.24) is 14.8 Å². The molecule has 0 spiro atoms. The summed E-state index contributed by atoms with van der Waals surface area (Å²) in [6.07, 6.45) is 1.52. The highest BCUT2D eigenvalue weighted by Gasteiger charge is 2.16. The molecule has 1 aromatic heterocycles. The van der Waals surface area contributed by atoms with Crippen LogP contribution in [0.2, 0.25) is 0 Å². The topological polar surface area (TPSA) is 73.8 Å². The number of benzene rings is 1. The van der Waals surface area contributed by atoms with Crippen LogP contribution in [0.3, 0.4) is 0 Å². The Hall–Kier alpha value is -2.31. The summed E-state index contributed by atoms with van der Waals surface area (Å²) in [6, 6.07) is 3.50. The molecular weight excluding hydrogens is 251 g/mol. The average molecular weight is 264 g/mol. The smallest absolute Gasteiger partial charge is 0.272 e. The van der Waals surface area contributed by atoms with E-state index in [9.17, 15) is 14.5 Å². The summed E-state index contributed by atoms with van der Waals surface area (Å²) in [5, 5.41) is 18.2. The highest BCUT2D eigenvalue weighted by Crippen LogP contribution is 2.25. The predicted molar refractivity (Wildman–Crippen MR) is 66.9 cm³/mol. The standard InChI is InChI=1S/C12H13FN4O2/c1-8(2)6-16-7-14-15-12(16)10-4-3-9(17(18)19)5-11(10)13/h3-5,7-8H,6H2,1-2H3. The number of nitro benzene ring substituents is 1. The number of aromatic nitrogens is 3. The highest BCUT2D eigenvalue weighted by atomic mass is 19.1. The summed E-state index contributed by atoms with van der Waals surface area (Å²) in [5.41, 5.74) is -0.0695. The Labute approximate surface area is 109 Å². The van der Waals surface area contributed by atoms with E-state index in [0.717, 1.165) is 6.07 Å². The van der Waals surface area contributed by atoms with Crippen LogP contribution in [0.25, 0.3) is 11.4 Å². The first-order valence-corrected chi connectivity index (χ1v) is 5.81. The number of rotatable bonds is 4. The lowest BCUT2D eigenvalue weighted by Crippen LogP contribution is -2.06. The third-order valence-electron chi connectivity index (χ3n) is 2.58. The molecule has 100 valence electrons. The van der Waals surface area contributed by atoms with Crippen LogP contribution in [-0.4, -0.2) is 19.7 Å². The minimum atomic E-state index is -0.674. The molecule has 0 unspecified atom stereocenters. The molecule has 0 fully saturated rings. The third-order valence-corrected chi connectivity index (χ3v) is 2.58. The van der Waals surface area contributed by atoms with Crippen LogP contribution in [-0.2, 0) is 6.54 Å². The number of halogens is 1. The van der Waals surface area contributed by atoms with Crippen LogP contribution in [0.5, 0.6) is 0 Å². The molecular formula is C12H13FN4O2. The zero-order valence-corrected chi connectivity index (χ0v) is 10.6. The molecule has 0 bridgehead atoms. The molecule has 0 aliphatic heterocycles. The van der Waals surface area contributed by atoms with Crippen LogP contribution in [0, 0.1) is 21.8 Å². The van der Waals surface area contributed by atoms with Gasteiger partial charge < -0.3 is 4.57 Å². The number of non-ortho nitro benzene ring substituents is 1. The first-order valence-electron chi connectivity index (χ1n) is 5.81. The minimum Gasteiger partial charge on any atom is -0.313 e. The maximum absolute atomic E-state index is 13.9. The van der Waals surface area contributed by atoms with Crippen molar-refractivity contribution in [3.8, 4) is 11.4 Å². The molecule has 0 amide bonds. The predicted octanol–water partition coefficient (Wildman–Crippen LogP) is 2.65. The first-order chi connectivity index (χ1) is 8.99. The molecule has 0 radical (unpaired) electrons. The molecule has 2 rings (SSSR count). The van der Waals surface area contributed by atoms with Gasteiger partial charge in [0.1, 0.15) is 12.1 Å². The van der Waals surface area contributed by atoms with Gasteiger partial charge in [0.2, 0.25) is 0 Å². The number of nitro groups is 1. The molecule has 2 aromatic rings. The van der Waals surface area contributed by atoms with Gasteiger partial charge in [-0.1, -0.05) is 13.8 Å². The molecule has 1 aromatic carbocycles. The maximum Gasteiger partial charge on any atom is 0.272 e. The third kappa shape index (κ3) is 2.75. The fourth-order valence-corrected chi connectivity index (χ4v) is 1.79. The first kappa shape index (κ1) is 13.1. The summed E-state index contributed by atoms with van der Waals surface area (Å²) < 4.78 is 15.6. The van der Waals surface area contributed by atoms with Gasteiger partial charge in [-0.05, 0) is 12.0 Å². The molecule has 0 atom stereocenters. The minimum absolute atomic E-state index is 0.212. The van der Waals surface area contributed by atoms with Gasteiger partial charge in [0.05, 0.1) is 16.6 Å². The quantitative estimate of drug-likeness (QED) is 0.628. The average Bonchev–Trinajstić information content (AvgIpc) is 2.75. The number of nitrogens with zero attached hydrogens (tertiary/aromatic N) is 4. The summed E-state index contributed by atoms with van der Waals surface area (Å²) in [7, 11) is 0. The lowest BCUT2D eigenvalue weighted by Gasteiger charge is -2.09. The highest BCUT2D eigenvalue weighted by molar-refractivity contribution is 5.58. The van der Waals surface area contributed by atoms with Gasteiger partial charge >= 0.3 is 0 Å².